The molecule has 0 spiro atoms. The van der Waals surface area contributed by atoms with Gasteiger partial charge in [-0.15, -0.1) is 0 Å². The maximum atomic E-state index is 13.7. The molecule has 168 valence electrons. The summed E-state index contributed by atoms with van der Waals surface area (Å²) in [6.07, 6.45) is 7.23. The van der Waals surface area contributed by atoms with Crippen molar-refractivity contribution in [2.75, 3.05) is 23.4 Å². The molecular weight excluding hydrogens is 421 g/mol. The molecule has 1 atom stereocenters. The third-order valence-electron chi connectivity index (χ3n) is 5.59. The smallest absolute Gasteiger partial charge is 0.249 e. The van der Waals surface area contributed by atoms with Crippen molar-refractivity contribution in [3.63, 3.8) is 0 Å². The molecule has 2 aromatic heterocycles. The van der Waals surface area contributed by atoms with Gasteiger partial charge in [-0.2, -0.15) is 4.98 Å². The number of anilines is 2. The number of carbonyl (C=O) groups excluding carboxylic acids is 1. The molecule has 0 radical (unpaired) electrons. The van der Waals surface area contributed by atoms with Crippen molar-refractivity contribution in [1.82, 2.24) is 19.5 Å². The van der Waals surface area contributed by atoms with Crippen LogP contribution in [0, 0.1) is 17.5 Å². The molecule has 2 aliphatic heterocycles. The molecule has 0 aliphatic carbocycles. The maximum Gasteiger partial charge on any atom is 0.249 e. The van der Waals surface area contributed by atoms with E-state index < -0.39 is 17.5 Å². The molecule has 1 unspecified atom stereocenters. The first-order valence-corrected chi connectivity index (χ1v) is 10.6. The summed E-state index contributed by atoms with van der Waals surface area (Å²) in [6.45, 7) is 4.71. The molecule has 32 heavy (non-hydrogen) atoms. The van der Waals surface area contributed by atoms with Gasteiger partial charge in [0.25, 0.3) is 0 Å². The van der Waals surface area contributed by atoms with Gasteiger partial charge >= 0.3 is 0 Å². The van der Waals surface area contributed by atoms with Gasteiger partial charge in [0.2, 0.25) is 11.9 Å². The molecule has 5 rings (SSSR count). The number of likely N-dealkylation sites (N-methyl/N-ethyl adjacent to an activating group) is 1. The molecule has 1 amide bonds. The van der Waals surface area contributed by atoms with Crippen LogP contribution in [0.2, 0.25) is 0 Å². The molecule has 0 saturated carbocycles. The number of aromatic nitrogens is 4. The standard InChI is InChI=1S/C20H17F3N6O.C2H6/c1-27-15-10-25-20(26-18(15)28-6-3-2-4-14(28)19(27)30)29-7-5-24-17(29)11-8-12(21)16(23)13(22)9-11;1-2/h5,7-10,14H,2-4,6H2,1H3;1-2H3. The Morgan fingerprint density at radius 3 is 2.50 bits per heavy atom. The number of amides is 1. The van der Waals surface area contributed by atoms with Gasteiger partial charge in [0.1, 0.15) is 17.6 Å². The molecule has 1 saturated heterocycles. The van der Waals surface area contributed by atoms with E-state index in [2.05, 4.69) is 15.0 Å². The molecule has 1 fully saturated rings. The first-order chi connectivity index (χ1) is 15.5. The zero-order valence-corrected chi connectivity index (χ0v) is 18.0. The van der Waals surface area contributed by atoms with E-state index >= 15 is 0 Å². The van der Waals surface area contributed by atoms with Gasteiger partial charge in [-0.25, -0.2) is 23.1 Å². The Morgan fingerprint density at radius 1 is 1.06 bits per heavy atom. The largest absolute Gasteiger partial charge is 0.343 e. The Morgan fingerprint density at radius 2 is 1.78 bits per heavy atom. The number of hydrogen-bond acceptors (Lipinski definition) is 5. The number of rotatable bonds is 2. The SMILES string of the molecule is CC.CN1C(=O)C2CCCCN2c2nc(-n3ccnc3-c3cc(F)c(F)c(F)c3)ncc21. The van der Waals surface area contributed by atoms with E-state index in [-0.39, 0.29) is 29.3 Å². The summed E-state index contributed by atoms with van der Waals surface area (Å²) in [4.78, 5) is 29.4. The van der Waals surface area contributed by atoms with Crippen LogP contribution in [0.4, 0.5) is 24.7 Å². The van der Waals surface area contributed by atoms with Crippen LogP contribution in [0.3, 0.4) is 0 Å². The van der Waals surface area contributed by atoms with Crippen molar-refractivity contribution in [2.45, 2.75) is 39.2 Å². The van der Waals surface area contributed by atoms with E-state index in [9.17, 15) is 18.0 Å². The van der Waals surface area contributed by atoms with Crippen LogP contribution >= 0.6 is 0 Å². The lowest BCUT2D eigenvalue weighted by atomic mass is 9.98. The zero-order chi connectivity index (χ0) is 23.0. The maximum absolute atomic E-state index is 13.7. The van der Waals surface area contributed by atoms with Crippen molar-refractivity contribution in [1.29, 1.82) is 0 Å². The van der Waals surface area contributed by atoms with Crippen molar-refractivity contribution >= 4 is 17.4 Å². The lowest BCUT2D eigenvalue weighted by Gasteiger charge is -2.43. The number of piperidine rings is 1. The van der Waals surface area contributed by atoms with Crippen LogP contribution < -0.4 is 9.80 Å². The van der Waals surface area contributed by atoms with Gasteiger partial charge in [-0.3, -0.25) is 9.36 Å². The highest BCUT2D eigenvalue weighted by atomic mass is 19.2. The van der Waals surface area contributed by atoms with E-state index in [1.165, 1.54) is 10.8 Å². The quantitative estimate of drug-likeness (QED) is 0.557. The fraction of sp³-hybridized carbons (Fsp3) is 0.364. The van der Waals surface area contributed by atoms with Crippen LogP contribution in [-0.2, 0) is 4.79 Å². The topological polar surface area (TPSA) is 67.2 Å². The van der Waals surface area contributed by atoms with E-state index in [1.807, 2.05) is 18.7 Å². The highest BCUT2D eigenvalue weighted by molar-refractivity contribution is 6.04. The van der Waals surface area contributed by atoms with Crippen LogP contribution in [0.15, 0.2) is 30.7 Å². The minimum atomic E-state index is -1.54. The van der Waals surface area contributed by atoms with Crippen LogP contribution in [-0.4, -0.2) is 45.1 Å². The summed E-state index contributed by atoms with van der Waals surface area (Å²) in [7, 11) is 1.70. The Bertz CT molecular complexity index is 1140. The Kier molecular flexibility index (Phi) is 5.86. The number of nitrogens with zero attached hydrogens (tertiary/aromatic N) is 6. The number of halogens is 3. The second-order valence-electron chi connectivity index (χ2n) is 7.36. The summed E-state index contributed by atoms with van der Waals surface area (Å²) in [6, 6.07) is 1.49. The van der Waals surface area contributed by atoms with Gasteiger partial charge in [-0.05, 0) is 31.4 Å². The normalized spacial score (nSPS) is 17.4. The number of carbonyl (C=O) groups is 1. The minimum Gasteiger partial charge on any atom is -0.343 e. The van der Waals surface area contributed by atoms with Crippen LogP contribution in [0.1, 0.15) is 33.1 Å². The minimum absolute atomic E-state index is 0.0131. The molecule has 1 aromatic carbocycles. The van der Waals surface area contributed by atoms with Gasteiger partial charge in [0, 0.05) is 31.5 Å². The van der Waals surface area contributed by atoms with Crippen LogP contribution in [0.5, 0.6) is 0 Å². The molecule has 2 aliphatic rings. The summed E-state index contributed by atoms with van der Waals surface area (Å²) >= 11 is 0. The number of hydrogen-bond donors (Lipinski definition) is 0. The number of fused-ring (bicyclic) bond motifs is 3. The fourth-order valence-corrected chi connectivity index (χ4v) is 4.07. The predicted octanol–water partition coefficient (Wildman–Crippen LogP) is 4.11. The molecule has 4 heterocycles. The average Bonchev–Trinajstić information content (AvgIpc) is 3.32. The van der Waals surface area contributed by atoms with Crippen molar-refractivity contribution < 1.29 is 18.0 Å². The Labute approximate surface area is 183 Å². The third kappa shape index (κ3) is 3.49. The molecule has 10 heteroatoms. The van der Waals surface area contributed by atoms with Gasteiger partial charge in [0.05, 0.1) is 6.20 Å². The summed E-state index contributed by atoms with van der Waals surface area (Å²) < 4.78 is 42.3. The Hall–Kier alpha value is -3.43. The fourth-order valence-electron chi connectivity index (χ4n) is 4.07. The van der Waals surface area contributed by atoms with Crippen molar-refractivity contribution in [2.24, 2.45) is 0 Å². The molecule has 7 nitrogen and oxygen atoms in total. The first-order valence-electron chi connectivity index (χ1n) is 10.6. The second kappa shape index (κ2) is 8.60. The van der Waals surface area contributed by atoms with Gasteiger partial charge < -0.3 is 9.80 Å². The third-order valence-corrected chi connectivity index (χ3v) is 5.59. The predicted molar refractivity (Wildman–Crippen MR) is 114 cm³/mol. The van der Waals surface area contributed by atoms with E-state index in [0.29, 0.717) is 18.1 Å². The summed E-state index contributed by atoms with van der Waals surface area (Å²) in [5.41, 5.74) is 0.656. The second-order valence-corrected chi connectivity index (χ2v) is 7.36. The van der Waals surface area contributed by atoms with Crippen molar-refractivity contribution in [3.8, 4) is 17.3 Å². The summed E-state index contributed by atoms with van der Waals surface area (Å²) in [5, 5.41) is 0. The van der Waals surface area contributed by atoms with Crippen molar-refractivity contribution in [3.05, 3.63) is 48.2 Å². The van der Waals surface area contributed by atoms with E-state index in [1.54, 1.807) is 24.3 Å². The van der Waals surface area contributed by atoms with Gasteiger partial charge in [-0.1, -0.05) is 13.8 Å². The molecular formula is C22H23F3N6O. The lowest BCUT2D eigenvalue weighted by Crippen LogP contribution is -2.54. The number of benzene rings is 1. The highest BCUT2D eigenvalue weighted by Crippen LogP contribution is 2.37. The van der Waals surface area contributed by atoms with E-state index in [4.69, 9.17) is 0 Å². The first kappa shape index (κ1) is 21.8. The zero-order valence-electron chi connectivity index (χ0n) is 18.0. The van der Waals surface area contributed by atoms with Gasteiger partial charge in [0.15, 0.2) is 23.3 Å². The lowest BCUT2D eigenvalue weighted by molar-refractivity contribution is -0.120. The molecule has 0 bridgehead atoms. The highest BCUT2D eigenvalue weighted by Gasteiger charge is 2.39. The van der Waals surface area contributed by atoms with E-state index in [0.717, 1.165) is 31.4 Å². The van der Waals surface area contributed by atoms with Crippen LogP contribution in [0.25, 0.3) is 17.3 Å². The monoisotopic (exact) mass is 444 g/mol. The summed E-state index contributed by atoms with van der Waals surface area (Å²) in [5.74, 6) is -3.10. The number of imidazole rings is 1. The molecule has 3 aromatic rings. The Balaban J connectivity index is 0.00000119. The molecule has 0 N–H and O–H groups in total. The average molecular weight is 444 g/mol.